The van der Waals surface area contributed by atoms with Gasteiger partial charge in [-0.3, -0.25) is 9.78 Å². The summed E-state index contributed by atoms with van der Waals surface area (Å²) in [6, 6.07) is 32.3. The molecule has 0 aliphatic heterocycles. The van der Waals surface area contributed by atoms with E-state index in [1.165, 1.54) is 0 Å². The fourth-order valence-corrected chi connectivity index (χ4v) is 4.14. The molecule has 5 aromatic rings. The van der Waals surface area contributed by atoms with Crippen molar-refractivity contribution in [1.29, 1.82) is 0 Å². The molecule has 0 aliphatic rings. The summed E-state index contributed by atoms with van der Waals surface area (Å²) >= 11 is 0. The molecule has 6 nitrogen and oxygen atoms in total. The number of esters is 1. The van der Waals surface area contributed by atoms with Gasteiger partial charge in [0.15, 0.2) is 6.61 Å². The minimum absolute atomic E-state index is 0.271. The van der Waals surface area contributed by atoms with Gasteiger partial charge in [-0.15, -0.1) is 0 Å². The van der Waals surface area contributed by atoms with E-state index >= 15 is 0 Å². The Balaban J connectivity index is 1.37. The number of carbonyl (C=O) groups excluding carboxylic acids is 2. The lowest BCUT2D eigenvalue weighted by Gasteiger charge is -2.23. The monoisotopic (exact) mass is 487 g/mol. The molecule has 5 rings (SSSR count). The Morgan fingerprint density at radius 2 is 1.41 bits per heavy atom. The van der Waals surface area contributed by atoms with Gasteiger partial charge in [-0.05, 0) is 35.4 Å². The van der Waals surface area contributed by atoms with E-state index in [0.29, 0.717) is 35.2 Å². The molecular weight excluding hydrogens is 462 g/mol. The number of fused-ring (bicyclic) bond motifs is 1. The zero-order chi connectivity index (χ0) is 25.5. The number of ether oxygens (including phenoxy) is 1. The standard InChI is InChI=1S/C31H25N3O3/c35-30(34(20-23-10-3-1-4-11-23)21-24-12-5-2-6-13-24)22-37-31(36)27-18-29(25-14-9-17-32-19-25)33-28-16-8-7-15-26(27)28/h1-19H,20-22H2. The summed E-state index contributed by atoms with van der Waals surface area (Å²) in [7, 11) is 0. The van der Waals surface area contributed by atoms with Gasteiger partial charge in [0.2, 0.25) is 0 Å². The number of para-hydroxylation sites is 1. The number of amides is 1. The van der Waals surface area contributed by atoms with Gasteiger partial charge in [0.1, 0.15) is 0 Å². The van der Waals surface area contributed by atoms with Crippen molar-refractivity contribution in [2.24, 2.45) is 0 Å². The molecular formula is C31H25N3O3. The number of hydrogen-bond donors (Lipinski definition) is 0. The van der Waals surface area contributed by atoms with E-state index < -0.39 is 5.97 Å². The third kappa shape index (κ3) is 5.87. The fourth-order valence-electron chi connectivity index (χ4n) is 4.14. The quantitative estimate of drug-likeness (QED) is 0.263. The predicted molar refractivity (Wildman–Crippen MR) is 142 cm³/mol. The van der Waals surface area contributed by atoms with E-state index in [1.807, 2.05) is 97.1 Å². The molecule has 0 bridgehead atoms. The second kappa shape index (κ2) is 11.3. The van der Waals surface area contributed by atoms with E-state index in [9.17, 15) is 9.59 Å². The highest BCUT2D eigenvalue weighted by atomic mass is 16.5. The maximum absolute atomic E-state index is 13.3. The number of hydrogen-bond acceptors (Lipinski definition) is 5. The highest BCUT2D eigenvalue weighted by Gasteiger charge is 2.20. The molecule has 1 amide bonds. The van der Waals surface area contributed by atoms with Crippen molar-refractivity contribution in [3.63, 3.8) is 0 Å². The van der Waals surface area contributed by atoms with E-state index in [-0.39, 0.29) is 12.5 Å². The normalized spacial score (nSPS) is 10.7. The smallest absolute Gasteiger partial charge is 0.339 e. The Labute approximate surface area is 215 Å². The predicted octanol–water partition coefficient (Wildman–Crippen LogP) is 5.68. The first-order valence-electron chi connectivity index (χ1n) is 12.0. The maximum Gasteiger partial charge on any atom is 0.339 e. The summed E-state index contributed by atoms with van der Waals surface area (Å²) < 4.78 is 5.57. The van der Waals surface area contributed by atoms with E-state index in [4.69, 9.17) is 4.74 Å². The molecule has 0 unspecified atom stereocenters. The number of benzene rings is 3. The molecule has 3 aromatic carbocycles. The minimum atomic E-state index is -0.573. The highest BCUT2D eigenvalue weighted by molar-refractivity contribution is 6.05. The highest BCUT2D eigenvalue weighted by Crippen LogP contribution is 2.25. The van der Waals surface area contributed by atoms with Crippen LogP contribution in [0.5, 0.6) is 0 Å². The molecule has 6 heteroatoms. The van der Waals surface area contributed by atoms with Crippen molar-refractivity contribution >= 4 is 22.8 Å². The Hall–Kier alpha value is -4.84. The van der Waals surface area contributed by atoms with Crippen LogP contribution in [0.1, 0.15) is 21.5 Å². The van der Waals surface area contributed by atoms with Crippen LogP contribution < -0.4 is 0 Å². The van der Waals surface area contributed by atoms with Crippen molar-refractivity contribution in [2.75, 3.05) is 6.61 Å². The van der Waals surface area contributed by atoms with E-state index in [0.717, 1.165) is 16.7 Å². The average Bonchev–Trinajstić information content (AvgIpc) is 2.96. The van der Waals surface area contributed by atoms with Crippen LogP contribution in [0.3, 0.4) is 0 Å². The number of pyridine rings is 2. The molecule has 0 fully saturated rings. The van der Waals surface area contributed by atoms with Gasteiger partial charge < -0.3 is 9.64 Å². The molecule has 0 saturated heterocycles. The number of rotatable bonds is 8. The molecule has 0 N–H and O–H groups in total. The van der Waals surface area contributed by atoms with Gasteiger partial charge in [0, 0.05) is 36.4 Å². The van der Waals surface area contributed by atoms with Crippen LogP contribution in [0, 0.1) is 0 Å². The second-order valence-electron chi connectivity index (χ2n) is 8.61. The van der Waals surface area contributed by atoms with Crippen LogP contribution >= 0.6 is 0 Å². The van der Waals surface area contributed by atoms with Crippen LogP contribution in [0.15, 0.2) is 116 Å². The summed E-state index contributed by atoms with van der Waals surface area (Å²) in [4.78, 5) is 37.1. The topological polar surface area (TPSA) is 72.4 Å². The SMILES string of the molecule is O=C(OCC(=O)N(Cc1ccccc1)Cc1ccccc1)c1cc(-c2cccnc2)nc2ccccc12. The van der Waals surface area contributed by atoms with E-state index in [2.05, 4.69) is 9.97 Å². The van der Waals surface area contributed by atoms with Crippen molar-refractivity contribution in [1.82, 2.24) is 14.9 Å². The lowest BCUT2D eigenvalue weighted by molar-refractivity contribution is -0.135. The van der Waals surface area contributed by atoms with Crippen molar-refractivity contribution in [2.45, 2.75) is 13.1 Å². The molecule has 182 valence electrons. The first kappa shape index (κ1) is 23.9. The molecule has 0 atom stereocenters. The lowest BCUT2D eigenvalue weighted by atomic mass is 10.1. The summed E-state index contributed by atoms with van der Waals surface area (Å²) in [5, 5.41) is 0.665. The Kier molecular flexibility index (Phi) is 7.27. The fraction of sp³-hybridized carbons (Fsp3) is 0.0968. The Bertz CT molecular complexity index is 1470. The number of aromatic nitrogens is 2. The van der Waals surface area contributed by atoms with Crippen LogP contribution in [0.25, 0.3) is 22.2 Å². The van der Waals surface area contributed by atoms with Gasteiger partial charge in [-0.2, -0.15) is 0 Å². The Morgan fingerprint density at radius 1 is 0.757 bits per heavy atom. The largest absolute Gasteiger partial charge is 0.452 e. The van der Waals surface area contributed by atoms with Crippen molar-refractivity contribution < 1.29 is 14.3 Å². The first-order valence-corrected chi connectivity index (χ1v) is 12.0. The average molecular weight is 488 g/mol. The van der Waals surface area contributed by atoms with E-state index in [1.54, 1.807) is 23.4 Å². The third-order valence-electron chi connectivity index (χ3n) is 6.01. The molecule has 0 radical (unpaired) electrons. The summed E-state index contributed by atoms with van der Waals surface area (Å²) in [5.41, 5.74) is 4.42. The van der Waals surface area contributed by atoms with Gasteiger partial charge >= 0.3 is 5.97 Å². The van der Waals surface area contributed by atoms with Gasteiger partial charge in [0.05, 0.1) is 16.8 Å². The molecule has 37 heavy (non-hydrogen) atoms. The molecule has 2 aromatic heterocycles. The van der Waals surface area contributed by atoms with Gasteiger partial charge in [-0.25, -0.2) is 9.78 Å². The zero-order valence-corrected chi connectivity index (χ0v) is 20.2. The van der Waals surface area contributed by atoms with Crippen LogP contribution in [-0.2, 0) is 22.6 Å². The number of nitrogens with zero attached hydrogens (tertiary/aromatic N) is 3. The Morgan fingerprint density at radius 3 is 2.05 bits per heavy atom. The van der Waals surface area contributed by atoms with Crippen LogP contribution in [0.4, 0.5) is 0 Å². The van der Waals surface area contributed by atoms with Crippen molar-refractivity contribution in [3.8, 4) is 11.3 Å². The minimum Gasteiger partial charge on any atom is -0.452 e. The zero-order valence-electron chi connectivity index (χ0n) is 20.2. The van der Waals surface area contributed by atoms with Gasteiger partial charge in [-0.1, -0.05) is 78.9 Å². The molecule has 0 spiro atoms. The third-order valence-corrected chi connectivity index (χ3v) is 6.01. The summed E-state index contributed by atoms with van der Waals surface area (Å²) in [6.45, 7) is 0.461. The lowest BCUT2D eigenvalue weighted by Crippen LogP contribution is -2.34. The number of carbonyl (C=O) groups is 2. The molecule has 0 saturated carbocycles. The maximum atomic E-state index is 13.3. The van der Waals surface area contributed by atoms with Gasteiger partial charge in [0.25, 0.3) is 5.91 Å². The summed E-state index contributed by atoms with van der Waals surface area (Å²) in [6.07, 6.45) is 3.38. The first-order chi connectivity index (χ1) is 18.2. The van der Waals surface area contributed by atoms with Crippen molar-refractivity contribution in [3.05, 3.63) is 132 Å². The molecule has 0 aliphatic carbocycles. The van der Waals surface area contributed by atoms with Crippen LogP contribution in [-0.4, -0.2) is 33.4 Å². The summed E-state index contributed by atoms with van der Waals surface area (Å²) in [5.74, 6) is -0.844. The second-order valence-corrected chi connectivity index (χ2v) is 8.61. The van der Waals surface area contributed by atoms with Crippen LogP contribution in [0.2, 0.25) is 0 Å². The molecule has 2 heterocycles.